The molecule has 0 amide bonds. The monoisotopic (exact) mass is 298 g/mol. The zero-order chi connectivity index (χ0) is 12.8. The predicted octanol–water partition coefficient (Wildman–Crippen LogP) is 2.68. The summed E-state index contributed by atoms with van der Waals surface area (Å²) in [5, 5.41) is 0.329. The number of rotatable bonds is 5. The first-order chi connectivity index (χ1) is 8.08. The Morgan fingerprint density at radius 1 is 1.35 bits per heavy atom. The summed E-state index contributed by atoms with van der Waals surface area (Å²) in [5.74, 6) is -0.248. The summed E-state index contributed by atoms with van der Waals surface area (Å²) in [4.78, 5) is 23.0. The van der Waals surface area contributed by atoms with Crippen LogP contribution >= 0.6 is 15.9 Å². The lowest BCUT2D eigenvalue weighted by molar-refractivity contribution is -0.115. The Balaban J connectivity index is 2.94. The molecule has 0 heterocycles. The maximum absolute atomic E-state index is 11.7. The molecule has 1 rings (SSSR count). The number of hydrogen-bond acceptors (Lipinski definition) is 3. The zero-order valence-electron chi connectivity index (χ0n) is 9.96. The lowest BCUT2D eigenvalue weighted by Crippen LogP contribution is -2.09. The highest BCUT2D eigenvalue weighted by Crippen LogP contribution is 2.13. The molecule has 1 aromatic rings. The second-order valence-corrected chi connectivity index (χ2v) is 4.28. The molecule has 0 fully saturated rings. The van der Waals surface area contributed by atoms with Crippen LogP contribution in [0.1, 0.15) is 28.4 Å². The molecule has 4 heteroatoms. The number of Topliss-reactive ketones (excluding diaryl/α,β-unsaturated/α-hetero) is 1. The second-order valence-electron chi connectivity index (χ2n) is 3.72. The number of ketones is 1. The molecule has 0 aliphatic rings. The van der Waals surface area contributed by atoms with E-state index >= 15 is 0 Å². The molecule has 0 aliphatic carbocycles. The van der Waals surface area contributed by atoms with Gasteiger partial charge in [0.25, 0.3) is 0 Å². The van der Waals surface area contributed by atoms with Crippen LogP contribution in [0.2, 0.25) is 0 Å². The third kappa shape index (κ3) is 3.97. The van der Waals surface area contributed by atoms with Gasteiger partial charge in [-0.15, -0.1) is 0 Å². The average molecular weight is 299 g/mol. The van der Waals surface area contributed by atoms with Crippen molar-refractivity contribution in [3.05, 3.63) is 34.9 Å². The van der Waals surface area contributed by atoms with Gasteiger partial charge in [0.15, 0.2) is 0 Å². The van der Waals surface area contributed by atoms with E-state index in [1.54, 1.807) is 13.0 Å². The first-order valence-electron chi connectivity index (χ1n) is 5.42. The maximum atomic E-state index is 11.7. The third-order valence-corrected chi connectivity index (χ3v) is 2.97. The van der Waals surface area contributed by atoms with Gasteiger partial charge in [0.1, 0.15) is 5.78 Å². The molecule has 0 saturated carbocycles. The number of esters is 1. The van der Waals surface area contributed by atoms with Gasteiger partial charge in [-0.3, -0.25) is 4.79 Å². The Morgan fingerprint density at radius 3 is 2.65 bits per heavy atom. The van der Waals surface area contributed by atoms with E-state index in [1.165, 1.54) is 0 Å². The highest BCUT2D eigenvalue weighted by molar-refractivity contribution is 9.09. The molecule has 1 aromatic carbocycles. The summed E-state index contributed by atoms with van der Waals surface area (Å²) in [6, 6.07) is 5.43. The van der Waals surface area contributed by atoms with Crippen LogP contribution in [0, 0.1) is 6.92 Å². The molecule has 0 atom stereocenters. The fourth-order valence-corrected chi connectivity index (χ4v) is 1.68. The zero-order valence-corrected chi connectivity index (χ0v) is 11.5. The van der Waals surface area contributed by atoms with Crippen molar-refractivity contribution in [2.45, 2.75) is 20.3 Å². The number of carbonyl (C=O) groups is 2. The number of carbonyl (C=O) groups excluding carboxylic acids is 2. The number of ether oxygens (including phenoxy) is 1. The first-order valence-corrected chi connectivity index (χ1v) is 6.55. The SMILES string of the molecule is CCOC(=O)c1cc(CC(=O)CBr)ccc1C. The Morgan fingerprint density at radius 2 is 2.06 bits per heavy atom. The van der Waals surface area contributed by atoms with Crippen molar-refractivity contribution >= 4 is 27.7 Å². The van der Waals surface area contributed by atoms with Crippen LogP contribution in [-0.2, 0) is 16.0 Å². The van der Waals surface area contributed by atoms with Gasteiger partial charge in [0, 0.05) is 6.42 Å². The molecule has 0 N–H and O–H groups in total. The van der Waals surface area contributed by atoms with Crippen molar-refractivity contribution in [3.8, 4) is 0 Å². The van der Waals surface area contributed by atoms with Crippen LogP contribution in [0.25, 0.3) is 0 Å². The minimum absolute atomic E-state index is 0.0867. The summed E-state index contributed by atoms with van der Waals surface area (Å²) in [5.41, 5.74) is 2.23. The van der Waals surface area contributed by atoms with E-state index in [4.69, 9.17) is 4.74 Å². The van der Waals surface area contributed by atoms with E-state index in [2.05, 4.69) is 15.9 Å². The van der Waals surface area contributed by atoms with Crippen molar-refractivity contribution in [1.29, 1.82) is 0 Å². The summed E-state index contributed by atoms with van der Waals surface area (Å²) < 4.78 is 4.96. The molecule has 92 valence electrons. The van der Waals surface area contributed by atoms with Crippen molar-refractivity contribution in [1.82, 2.24) is 0 Å². The molecule has 0 aliphatic heterocycles. The van der Waals surface area contributed by atoms with E-state index in [9.17, 15) is 9.59 Å². The van der Waals surface area contributed by atoms with Crippen molar-refractivity contribution in [2.75, 3.05) is 11.9 Å². The molecule has 3 nitrogen and oxygen atoms in total. The Labute approximate surface area is 109 Å². The van der Waals surface area contributed by atoms with Crippen LogP contribution < -0.4 is 0 Å². The van der Waals surface area contributed by atoms with E-state index in [0.29, 0.717) is 23.9 Å². The number of benzene rings is 1. The first kappa shape index (κ1) is 13.9. The van der Waals surface area contributed by atoms with Crippen LogP contribution in [0.15, 0.2) is 18.2 Å². The molecule has 0 radical (unpaired) electrons. The van der Waals surface area contributed by atoms with E-state index in [-0.39, 0.29) is 11.8 Å². The van der Waals surface area contributed by atoms with Gasteiger partial charge in [0.05, 0.1) is 17.5 Å². The van der Waals surface area contributed by atoms with E-state index in [0.717, 1.165) is 11.1 Å². The molecule has 17 heavy (non-hydrogen) atoms. The highest BCUT2D eigenvalue weighted by Gasteiger charge is 2.11. The quantitative estimate of drug-likeness (QED) is 0.620. The second kappa shape index (κ2) is 6.55. The Hall–Kier alpha value is -1.16. The maximum Gasteiger partial charge on any atom is 0.338 e. The van der Waals surface area contributed by atoms with Gasteiger partial charge >= 0.3 is 5.97 Å². The fourth-order valence-electron chi connectivity index (χ4n) is 1.48. The number of aryl methyl sites for hydroxylation is 1. The minimum Gasteiger partial charge on any atom is -0.462 e. The van der Waals surface area contributed by atoms with Gasteiger partial charge in [-0.25, -0.2) is 4.79 Å². The number of hydrogen-bond donors (Lipinski definition) is 0. The minimum atomic E-state index is -0.335. The van der Waals surface area contributed by atoms with Crippen molar-refractivity contribution in [3.63, 3.8) is 0 Å². The lowest BCUT2D eigenvalue weighted by Gasteiger charge is -2.07. The Bertz CT molecular complexity index is 427. The topological polar surface area (TPSA) is 43.4 Å². The summed E-state index contributed by atoms with van der Waals surface area (Å²) >= 11 is 3.12. The van der Waals surface area contributed by atoms with Crippen molar-refractivity contribution < 1.29 is 14.3 Å². The molecule has 0 aromatic heterocycles. The molecule has 0 spiro atoms. The Kier molecular flexibility index (Phi) is 5.35. The molecule has 0 unspecified atom stereocenters. The average Bonchev–Trinajstić information content (AvgIpc) is 2.31. The largest absolute Gasteiger partial charge is 0.462 e. The van der Waals surface area contributed by atoms with Crippen LogP contribution in [0.3, 0.4) is 0 Å². The third-order valence-electron chi connectivity index (χ3n) is 2.35. The fraction of sp³-hybridized carbons (Fsp3) is 0.385. The standard InChI is InChI=1S/C13H15BrO3/c1-3-17-13(16)12-7-10(5-4-9(12)2)6-11(15)8-14/h4-5,7H,3,6,8H2,1-2H3. The molecule has 0 saturated heterocycles. The van der Waals surface area contributed by atoms with Gasteiger partial charge in [-0.2, -0.15) is 0 Å². The normalized spacial score (nSPS) is 10.1. The van der Waals surface area contributed by atoms with E-state index < -0.39 is 0 Å². The van der Waals surface area contributed by atoms with Crippen LogP contribution in [-0.4, -0.2) is 23.7 Å². The van der Waals surface area contributed by atoms with Crippen molar-refractivity contribution in [2.24, 2.45) is 0 Å². The van der Waals surface area contributed by atoms with Gasteiger partial charge in [-0.1, -0.05) is 28.1 Å². The lowest BCUT2D eigenvalue weighted by atomic mass is 10.0. The molecule has 0 bridgehead atoms. The molecular weight excluding hydrogens is 284 g/mol. The number of alkyl halides is 1. The molecular formula is C13H15BrO3. The van der Waals surface area contributed by atoms with E-state index in [1.807, 2.05) is 19.1 Å². The van der Waals surface area contributed by atoms with Crippen LogP contribution in [0.4, 0.5) is 0 Å². The highest BCUT2D eigenvalue weighted by atomic mass is 79.9. The summed E-state index contributed by atoms with van der Waals surface area (Å²) in [6.07, 6.45) is 0.331. The predicted molar refractivity (Wildman–Crippen MR) is 69.6 cm³/mol. The van der Waals surface area contributed by atoms with Gasteiger partial charge in [-0.05, 0) is 31.0 Å². The summed E-state index contributed by atoms with van der Waals surface area (Å²) in [7, 11) is 0. The van der Waals surface area contributed by atoms with Crippen LogP contribution in [0.5, 0.6) is 0 Å². The summed E-state index contributed by atoms with van der Waals surface area (Å²) in [6.45, 7) is 3.97. The number of halogens is 1. The van der Waals surface area contributed by atoms with Gasteiger partial charge < -0.3 is 4.74 Å². The smallest absolute Gasteiger partial charge is 0.338 e. The van der Waals surface area contributed by atoms with Gasteiger partial charge in [0.2, 0.25) is 0 Å².